The second-order valence-corrected chi connectivity index (χ2v) is 6.81. The number of nitrogens with zero attached hydrogens (tertiary/aromatic N) is 2. The van der Waals surface area contributed by atoms with E-state index in [0.29, 0.717) is 5.75 Å². The van der Waals surface area contributed by atoms with E-state index in [2.05, 4.69) is 58.3 Å². The van der Waals surface area contributed by atoms with Crippen molar-refractivity contribution in [2.75, 3.05) is 31.1 Å². The molecule has 132 valence electrons. The van der Waals surface area contributed by atoms with Crippen LogP contribution in [-0.2, 0) is 6.54 Å². The van der Waals surface area contributed by atoms with Gasteiger partial charge in [0.25, 0.3) is 0 Å². The molecule has 0 unspecified atom stereocenters. The van der Waals surface area contributed by atoms with Crippen molar-refractivity contribution in [3.05, 3.63) is 84.4 Å². The smallest absolute Gasteiger partial charge is 0.120 e. The maximum absolute atomic E-state index is 10.3. The molecule has 3 heteroatoms. The van der Waals surface area contributed by atoms with Gasteiger partial charge in [-0.1, -0.05) is 54.6 Å². The van der Waals surface area contributed by atoms with Gasteiger partial charge in [0.05, 0.1) is 0 Å². The molecule has 0 aromatic heterocycles. The Balaban J connectivity index is 1.43. The van der Waals surface area contributed by atoms with E-state index in [1.165, 1.54) is 11.3 Å². The minimum absolute atomic E-state index is 0.384. The SMILES string of the molecule is Oc1ccc(-c2ccccc2)cc1CN1CCN(c2ccccc2)CC1. The van der Waals surface area contributed by atoms with Crippen molar-refractivity contribution in [3.8, 4) is 16.9 Å². The molecule has 0 bridgehead atoms. The summed E-state index contributed by atoms with van der Waals surface area (Å²) in [6, 6.07) is 26.8. The Bertz CT molecular complexity index is 841. The summed E-state index contributed by atoms with van der Waals surface area (Å²) in [5, 5.41) is 10.3. The molecular formula is C23H24N2O. The Hall–Kier alpha value is -2.78. The van der Waals surface area contributed by atoms with Crippen LogP contribution in [0.4, 0.5) is 5.69 Å². The third kappa shape index (κ3) is 3.73. The summed E-state index contributed by atoms with van der Waals surface area (Å²) in [5.41, 5.74) is 4.63. The van der Waals surface area contributed by atoms with Gasteiger partial charge in [0.15, 0.2) is 0 Å². The minimum Gasteiger partial charge on any atom is -0.508 e. The molecule has 0 atom stereocenters. The molecule has 1 heterocycles. The summed E-state index contributed by atoms with van der Waals surface area (Å²) in [7, 11) is 0. The molecule has 0 amide bonds. The van der Waals surface area contributed by atoms with Crippen LogP contribution in [0.1, 0.15) is 5.56 Å². The van der Waals surface area contributed by atoms with Crippen LogP contribution < -0.4 is 4.90 Å². The normalized spacial score (nSPS) is 15.2. The van der Waals surface area contributed by atoms with Gasteiger partial charge < -0.3 is 10.0 Å². The molecule has 0 saturated carbocycles. The van der Waals surface area contributed by atoms with E-state index in [1.807, 2.05) is 30.3 Å². The molecule has 0 radical (unpaired) electrons. The van der Waals surface area contributed by atoms with Gasteiger partial charge >= 0.3 is 0 Å². The van der Waals surface area contributed by atoms with Crippen LogP contribution in [-0.4, -0.2) is 36.2 Å². The van der Waals surface area contributed by atoms with E-state index >= 15 is 0 Å². The molecule has 26 heavy (non-hydrogen) atoms. The minimum atomic E-state index is 0.384. The molecular weight excluding hydrogens is 320 g/mol. The van der Waals surface area contributed by atoms with Gasteiger partial charge in [-0.15, -0.1) is 0 Å². The van der Waals surface area contributed by atoms with Crippen molar-refractivity contribution in [1.82, 2.24) is 4.90 Å². The highest BCUT2D eigenvalue weighted by Crippen LogP contribution is 2.27. The summed E-state index contributed by atoms with van der Waals surface area (Å²) in [6.07, 6.45) is 0. The quantitative estimate of drug-likeness (QED) is 0.761. The van der Waals surface area contributed by atoms with Gasteiger partial charge in [-0.25, -0.2) is 0 Å². The zero-order valence-electron chi connectivity index (χ0n) is 14.9. The zero-order chi connectivity index (χ0) is 17.8. The first-order valence-corrected chi connectivity index (χ1v) is 9.19. The van der Waals surface area contributed by atoms with Crippen molar-refractivity contribution in [3.63, 3.8) is 0 Å². The van der Waals surface area contributed by atoms with E-state index < -0.39 is 0 Å². The second kappa shape index (κ2) is 7.63. The predicted molar refractivity (Wildman–Crippen MR) is 107 cm³/mol. The number of phenols is 1. The van der Waals surface area contributed by atoms with Crippen LogP contribution in [0.5, 0.6) is 5.75 Å². The van der Waals surface area contributed by atoms with Gasteiger partial charge in [-0.2, -0.15) is 0 Å². The summed E-state index contributed by atoms with van der Waals surface area (Å²) in [6.45, 7) is 4.83. The Kier molecular flexibility index (Phi) is 4.89. The summed E-state index contributed by atoms with van der Waals surface area (Å²) >= 11 is 0. The van der Waals surface area contributed by atoms with Gasteiger partial charge in [-0.3, -0.25) is 4.90 Å². The van der Waals surface area contributed by atoms with Crippen LogP contribution in [0, 0.1) is 0 Å². The van der Waals surface area contributed by atoms with Crippen LogP contribution in [0.2, 0.25) is 0 Å². The van der Waals surface area contributed by atoms with E-state index in [4.69, 9.17) is 0 Å². The lowest BCUT2D eigenvalue weighted by atomic mass is 10.0. The number of piperazine rings is 1. The third-order valence-electron chi connectivity index (χ3n) is 5.07. The van der Waals surface area contributed by atoms with Crippen LogP contribution in [0.3, 0.4) is 0 Å². The van der Waals surface area contributed by atoms with E-state index in [9.17, 15) is 5.11 Å². The molecule has 1 N–H and O–H groups in total. The molecule has 3 aromatic carbocycles. The first kappa shape index (κ1) is 16.7. The van der Waals surface area contributed by atoms with Gasteiger partial charge in [0.1, 0.15) is 5.75 Å². The number of benzene rings is 3. The summed E-state index contributed by atoms with van der Waals surface area (Å²) < 4.78 is 0. The fraction of sp³-hybridized carbons (Fsp3) is 0.217. The van der Waals surface area contributed by atoms with Crippen molar-refractivity contribution in [1.29, 1.82) is 0 Å². The van der Waals surface area contributed by atoms with Gasteiger partial charge in [-0.05, 0) is 35.4 Å². The average Bonchev–Trinajstić information content (AvgIpc) is 2.71. The van der Waals surface area contributed by atoms with Crippen LogP contribution in [0.25, 0.3) is 11.1 Å². The first-order valence-electron chi connectivity index (χ1n) is 9.19. The zero-order valence-corrected chi connectivity index (χ0v) is 14.9. The van der Waals surface area contributed by atoms with Crippen LogP contribution >= 0.6 is 0 Å². The molecule has 0 aliphatic carbocycles. The fourth-order valence-corrected chi connectivity index (χ4v) is 3.57. The number of hydrogen-bond donors (Lipinski definition) is 1. The molecule has 4 rings (SSSR count). The standard InChI is InChI=1S/C23H24N2O/c26-23-12-11-20(19-7-3-1-4-8-19)17-21(23)18-24-13-15-25(16-14-24)22-9-5-2-6-10-22/h1-12,17,26H,13-16,18H2. The molecule has 3 nitrogen and oxygen atoms in total. The molecule has 1 aliphatic rings. The van der Waals surface area contributed by atoms with Gasteiger partial charge in [0, 0.05) is 44.0 Å². The molecule has 0 spiro atoms. The predicted octanol–water partition coefficient (Wildman–Crippen LogP) is 4.38. The number of aromatic hydroxyl groups is 1. The monoisotopic (exact) mass is 344 g/mol. The van der Waals surface area contributed by atoms with E-state index in [0.717, 1.165) is 43.9 Å². The maximum Gasteiger partial charge on any atom is 0.120 e. The number of rotatable bonds is 4. The lowest BCUT2D eigenvalue weighted by Gasteiger charge is -2.36. The first-order chi connectivity index (χ1) is 12.8. The Morgan fingerprint density at radius 3 is 2.04 bits per heavy atom. The highest BCUT2D eigenvalue weighted by Gasteiger charge is 2.18. The van der Waals surface area contributed by atoms with Crippen molar-refractivity contribution < 1.29 is 5.11 Å². The van der Waals surface area contributed by atoms with Gasteiger partial charge in [0.2, 0.25) is 0 Å². The highest BCUT2D eigenvalue weighted by molar-refractivity contribution is 5.65. The maximum atomic E-state index is 10.3. The molecule has 1 saturated heterocycles. The Labute approximate surface area is 155 Å². The average molecular weight is 344 g/mol. The second-order valence-electron chi connectivity index (χ2n) is 6.81. The van der Waals surface area contributed by atoms with E-state index in [-0.39, 0.29) is 0 Å². The molecule has 1 aliphatic heterocycles. The Morgan fingerprint density at radius 2 is 1.35 bits per heavy atom. The lowest BCUT2D eigenvalue weighted by molar-refractivity contribution is 0.247. The summed E-state index contributed by atoms with van der Waals surface area (Å²) in [4.78, 5) is 4.85. The lowest BCUT2D eigenvalue weighted by Crippen LogP contribution is -2.45. The van der Waals surface area contributed by atoms with Crippen molar-refractivity contribution in [2.24, 2.45) is 0 Å². The number of phenolic OH excluding ortho intramolecular Hbond substituents is 1. The number of hydrogen-bond acceptors (Lipinski definition) is 3. The van der Waals surface area contributed by atoms with Crippen molar-refractivity contribution in [2.45, 2.75) is 6.54 Å². The number of para-hydroxylation sites is 1. The summed E-state index contributed by atoms with van der Waals surface area (Å²) in [5.74, 6) is 0.384. The molecule has 1 fully saturated rings. The fourth-order valence-electron chi connectivity index (χ4n) is 3.57. The van der Waals surface area contributed by atoms with E-state index in [1.54, 1.807) is 0 Å². The largest absolute Gasteiger partial charge is 0.508 e. The Morgan fingerprint density at radius 1 is 0.692 bits per heavy atom. The number of anilines is 1. The highest BCUT2D eigenvalue weighted by atomic mass is 16.3. The van der Waals surface area contributed by atoms with Crippen LogP contribution in [0.15, 0.2) is 78.9 Å². The molecule has 3 aromatic rings. The van der Waals surface area contributed by atoms with Crippen molar-refractivity contribution >= 4 is 5.69 Å². The topological polar surface area (TPSA) is 26.7 Å². The third-order valence-corrected chi connectivity index (χ3v) is 5.07.